The second-order valence-electron chi connectivity index (χ2n) is 4.67. The first-order valence-electron chi connectivity index (χ1n) is 6.05. The van der Waals surface area contributed by atoms with Gasteiger partial charge in [-0.3, -0.25) is 0 Å². The summed E-state index contributed by atoms with van der Waals surface area (Å²) in [4.78, 5) is 0. The SMILES string of the molecule is C=CC(C)(CCc1ccsc1)CNCCC. The summed E-state index contributed by atoms with van der Waals surface area (Å²) in [6.45, 7) is 10.6. The van der Waals surface area contributed by atoms with Crippen LogP contribution in [0.1, 0.15) is 32.3 Å². The third-order valence-electron chi connectivity index (χ3n) is 3.01. The van der Waals surface area contributed by atoms with Crippen LogP contribution in [0, 0.1) is 5.41 Å². The zero-order chi connectivity index (χ0) is 11.9. The topological polar surface area (TPSA) is 12.0 Å². The molecule has 1 aromatic heterocycles. The molecule has 1 atom stereocenters. The first kappa shape index (κ1) is 13.5. The summed E-state index contributed by atoms with van der Waals surface area (Å²) in [7, 11) is 0. The zero-order valence-corrected chi connectivity index (χ0v) is 11.3. The van der Waals surface area contributed by atoms with E-state index in [1.54, 1.807) is 11.3 Å². The monoisotopic (exact) mass is 237 g/mol. The molecule has 0 aliphatic rings. The van der Waals surface area contributed by atoms with E-state index in [2.05, 4.69) is 48.6 Å². The Labute approximate surface area is 104 Å². The van der Waals surface area contributed by atoms with Gasteiger partial charge < -0.3 is 5.32 Å². The Bertz CT molecular complexity index is 292. The molecular formula is C14H23NS. The standard InChI is InChI=1S/C14H23NS/c1-4-9-15-12-14(3,5-2)8-6-13-7-10-16-11-13/h5,7,10-11,15H,2,4,6,8-9,12H2,1,3H3. The van der Waals surface area contributed by atoms with E-state index in [1.165, 1.54) is 18.4 Å². The van der Waals surface area contributed by atoms with Gasteiger partial charge in [0.2, 0.25) is 0 Å². The molecule has 1 N–H and O–H groups in total. The van der Waals surface area contributed by atoms with E-state index in [0.717, 1.165) is 19.5 Å². The first-order chi connectivity index (χ1) is 7.70. The molecule has 0 saturated heterocycles. The third-order valence-corrected chi connectivity index (χ3v) is 3.75. The summed E-state index contributed by atoms with van der Waals surface area (Å²) >= 11 is 1.78. The highest BCUT2D eigenvalue weighted by molar-refractivity contribution is 7.07. The summed E-state index contributed by atoms with van der Waals surface area (Å²) < 4.78 is 0. The van der Waals surface area contributed by atoms with Gasteiger partial charge in [0, 0.05) is 6.54 Å². The fourth-order valence-corrected chi connectivity index (χ4v) is 2.38. The lowest BCUT2D eigenvalue weighted by Gasteiger charge is -2.26. The normalized spacial score (nSPS) is 14.6. The van der Waals surface area contributed by atoms with Gasteiger partial charge in [-0.05, 0) is 53.6 Å². The van der Waals surface area contributed by atoms with Crippen LogP contribution >= 0.6 is 11.3 Å². The summed E-state index contributed by atoms with van der Waals surface area (Å²) in [5, 5.41) is 7.88. The highest BCUT2D eigenvalue weighted by Crippen LogP contribution is 2.24. The smallest absolute Gasteiger partial charge is 0.00399 e. The minimum absolute atomic E-state index is 0.219. The molecule has 0 aliphatic heterocycles. The molecule has 0 spiro atoms. The quantitative estimate of drug-likeness (QED) is 0.534. The average Bonchev–Trinajstić information content (AvgIpc) is 2.80. The predicted octanol–water partition coefficient (Wildman–Crippen LogP) is 3.87. The van der Waals surface area contributed by atoms with E-state index in [-0.39, 0.29) is 5.41 Å². The Balaban J connectivity index is 2.37. The molecule has 0 fully saturated rings. The van der Waals surface area contributed by atoms with Crippen molar-refractivity contribution in [3.05, 3.63) is 35.0 Å². The van der Waals surface area contributed by atoms with Gasteiger partial charge in [0.25, 0.3) is 0 Å². The van der Waals surface area contributed by atoms with Crippen molar-refractivity contribution in [2.24, 2.45) is 5.41 Å². The number of aryl methyl sites for hydroxylation is 1. The molecule has 0 bridgehead atoms. The Morgan fingerprint density at radius 1 is 1.56 bits per heavy atom. The van der Waals surface area contributed by atoms with Crippen molar-refractivity contribution < 1.29 is 0 Å². The van der Waals surface area contributed by atoms with Crippen LogP contribution < -0.4 is 5.32 Å². The first-order valence-corrected chi connectivity index (χ1v) is 7.00. The number of hydrogen-bond acceptors (Lipinski definition) is 2. The van der Waals surface area contributed by atoms with Gasteiger partial charge >= 0.3 is 0 Å². The molecule has 1 unspecified atom stereocenters. The molecule has 0 radical (unpaired) electrons. The molecule has 2 heteroatoms. The Hall–Kier alpha value is -0.600. The molecule has 16 heavy (non-hydrogen) atoms. The van der Waals surface area contributed by atoms with Gasteiger partial charge in [0.15, 0.2) is 0 Å². The van der Waals surface area contributed by atoms with Crippen molar-refractivity contribution in [2.75, 3.05) is 13.1 Å². The maximum Gasteiger partial charge on any atom is 0.00399 e. The van der Waals surface area contributed by atoms with Crippen LogP contribution in [0.5, 0.6) is 0 Å². The van der Waals surface area contributed by atoms with Crippen LogP contribution in [0.25, 0.3) is 0 Å². The van der Waals surface area contributed by atoms with E-state index in [0.29, 0.717) is 0 Å². The van der Waals surface area contributed by atoms with E-state index in [1.807, 2.05) is 0 Å². The molecular weight excluding hydrogens is 214 g/mol. The van der Waals surface area contributed by atoms with Crippen molar-refractivity contribution in [3.8, 4) is 0 Å². The van der Waals surface area contributed by atoms with Gasteiger partial charge in [0.05, 0.1) is 0 Å². The number of hydrogen-bond donors (Lipinski definition) is 1. The van der Waals surface area contributed by atoms with Crippen molar-refractivity contribution in [2.45, 2.75) is 33.1 Å². The lowest BCUT2D eigenvalue weighted by atomic mass is 9.84. The molecule has 0 amide bonds. The van der Waals surface area contributed by atoms with Gasteiger partial charge in [-0.15, -0.1) is 6.58 Å². The van der Waals surface area contributed by atoms with Crippen molar-refractivity contribution in [1.82, 2.24) is 5.32 Å². The average molecular weight is 237 g/mol. The molecule has 1 aromatic rings. The molecule has 90 valence electrons. The summed E-state index contributed by atoms with van der Waals surface area (Å²) in [5.41, 5.74) is 1.67. The second-order valence-corrected chi connectivity index (χ2v) is 5.45. The number of nitrogens with one attached hydrogen (secondary N) is 1. The lowest BCUT2D eigenvalue weighted by Crippen LogP contribution is -2.31. The fraction of sp³-hybridized carbons (Fsp3) is 0.571. The highest BCUT2D eigenvalue weighted by Gasteiger charge is 2.19. The molecule has 0 aromatic carbocycles. The van der Waals surface area contributed by atoms with Crippen LogP contribution in [0.3, 0.4) is 0 Å². The summed E-state index contributed by atoms with van der Waals surface area (Å²) in [6, 6.07) is 2.22. The summed E-state index contributed by atoms with van der Waals surface area (Å²) in [5.74, 6) is 0. The van der Waals surface area contributed by atoms with Crippen LogP contribution in [0.4, 0.5) is 0 Å². The van der Waals surface area contributed by atoms with E-state index in [9.17, 15) is 0 Å². The van der Waals surface area contributed by atoms with Crippen LogP contribution in [-0.4, -0.2) is 13.1 Å². The highest BCUT2D eigenvalue weighted by atomic mass is 32.1. The molecule has 1 nitrogen and oxygen atoms in total. The zero-order valence-electron chi connectivity index (χ0n) is 10.5. The number of rotatable bonds is 8. The molecule has 1 heterocycles. The fourth-order valence-electron chi connectivity index (χ4n) is 1.68. The van der Waals surface area contributed by atoms with Gasteiger partial charge in [-0.25, -0.2) is 0 Å². The van der Waals surface area contributed by atoms with E-state index >= 15 is 0 Å². The second kappa shape index (κ2) is 6.87. The lowest BCUT2D eigenvalue weighted by molar-refractivity contribution is 0.365. The minimum Gasteiger partial charge on any atom is -0.316 e. The van der Waals surface area contributed by atoms with Gasteiger partial charge in [-0.1, -0.05) is 19.9 Å². The maximum absolute atomic E-state index is 3.97. The molecule has 0 saturated carbocycles. The molecule has 0 aliphatic carbocycles. The van der Waals surface area contributed by atoms with Crippen LogP contribution in [0.2, 0.25) is 0 Å². The molecule has 1 rings (SSSR count). The van der Waals surface area contributed by atoms with Gasteiger partial charge in [0.1, 0.15) is 0 Å². The minimum atomic E-state index is 0.219. The van der Waals surface area contributed by atoms with Crippen molar-refractivity contribution >= 4 is 11.3 Å². The Morgan fingerprint density at radius 3 is 2.94 bits per heavy atom. The van der Waals surface area contributed by atoms with Crippen LogP contribution in [-0.2, 0) is 6.42 Å². The van der Waals surface area contributed by atoms with Crippen molar-refractivity contribution in [1.29, 1.82) is 0 Å². The Kier molecular flexibility index (Phi) is 5.78. The van der Waals surface area contributed by atoms with Gasteiger partial charge in [-0.2, -0.15) is 11.3 Å². The summed E-state index contributed by atoms with van der Waals surface area (Å²) in [6.07, 6.45) is 5.61. The predicted molar refractivity (Wildman–Crippen MR) is 74.1 cm³/mol. The van der Waals surface area contributed by atoms with E-state index in [4.69, 9.17) is 0 Å². The maximum atomic E-state index is 3.97. The van der Waals surface area contributed by atoms with Crippen molar-refractivity contribution in [3.63, 3.8) is 0 Å². The number of thiophene rings is 1. The van der Waals surface area contributed by atoms with E-state index < -0.39 is 0 Å². The largest absolute Gasteiger partial charge is 0.316 e. The van der Waals surface area contributed by atoms with Crippen LogP contribution in [0.15, 0.2) is 29.5 Å². The Morgan fingerprint density at radius 2 is 2.38 bits per heavy atom. The third kappa shape index (κ3) is 4.50.